The van der Waals surface area contributed by atoms with Gasteiger partial charge in [0.15, 0.2) is 0 Å². The summed E-state index contributed by atoms with van der Waals surface area (Å²) in [6.45, 7) is 1.35. The molecule has 2 aromatic carbocycles. The number of methoxy groups -OCH3 is 1. The van der Waals surface area contributed by atoms with Crippen LogP contribution >= 0.6 is 0 Å². The van der Waals surface area contributed by atoms with Crippen molar-refractivity contribution in [2.75, 3.05) is 20.3 Å². The first-order valence-electron chi connectivity index (χ1n) is 7.99. The molecule has 6 heteroatoms. The number of amides is 1. The Balaban J connectivity index is 1.75. The molecule has 0 radical (unpaired) electrons. The van der Waals surface area contributed by atoms with Crippen LogP contribution in [-0.4, -0.2) is 35.7 Å². The number of ether oxygens (including phenoxy) is 1. The van der Waals surface area contributed by atoms with Crippen molar-refractivity contribution >= 4 is 16.8 Å². The van der Waals surface area contributed by atoms with Crippen molar-refractivity contribution in [2.45, 2.75) is 6.54 Å². The van der Waals surface area contributed by atoms with Crippen molar-refractivity contribution in [1.29, 1.82) is 0 Å². The third-order valence-corrected chi connectivity index (χ3v) is 3.89. The summed E-state index contributed by atoms with van der Waals surface area (Å²) in [5.74, 6) is -0.145. The number of rotatable bonds is 6. The molecule has 0 saturated heterocycles. The lowest BCUT2D eigenvalue weighted by Gasteiger charge is -2.08. The lowest BCUT2D eigenvalue weighted by atomic mass is 10.1. The molecular weight excluding hydrogens is 318 g/mol. The molecule has 0 aliphatic heterocycles. The third kappa shape index (κ3) is 3.92. The number of hydrogen-bond donors (Lipinski definition) is 1. The van der Waals surface area contributed by atoms with Gasteiger partial charge < -0.3 is 10.1 Å². The second-order valence-corrected chi connectivity index (χ2v) is 5.64. The van der Waals surface area contributed by atoms with Gasteiger partial charge in [-0.15, -0.1) is 0 Å². The minimum absolute atomic E-state index is 0.0769. The normalized spacial score (nSPS) is 10.8. The highest BCUT2D eigenvalue weighted by molar-refractivity contribution is 5.94. The Kier molecular flexibility index (Phi) is 5.20. The van der Waals surface area contributed by atoms with E-state index in [1.54, 1.807) is 36.2 Å². The van der Waals surface area contributed by atoms with Gasteiger partial charge in [-0.2, -0.15) is 0 Å². The van der Waals surface area contributed by atoms with Crippen LogP contribution in [-0.2, 0) is 11.3 Å². The highest BCUT2D eigenvalue weighted by Crippen LogP contribution is 2.08. The number of nitrogens with one attached hydrogen (secondary N) is 1. The molecule has 3 aromatic rings. The summed E-state index contributed by atoms with van der Waals surface area (Å²) < 4.78 is 6.47. The fourth-order valence-corrected chi connectivity index (χ4v) is 2.55. The molecule has 0 unspecified atom stereocenters. The topological polar surface area (TPSA) is 73.2 Å². The zero-order chi connectivity index (χ0) is 17.6. The summed E-state index contributed by atoms with van der Waals surface area (Å²) in [6, 6.07) is 14.4. The van der Waals surface area contributed by atoms with E-state index in [9.17, 15) is 9.59 Å². The van der Waals surface area contributed by atoms with Crippen LogP contribution in [0.4, 0.5) is 0 Å². The lowest BCUT2D eigenvalue weighted by Crippen LogP contribution is -2.26. The molecule has 0 spiro atoms. The fourth-order valence-electron chi connectivity index (χ4n) is 2.55. The molecule has 1 heterocycles. The van der Waals surface area contributed by atoms with Crippen molar-refractivity contribution in [3.63, 3.8) is 0 Å². The van der Waals surface area contributed by atoms with Crippen LogP contribution in [0.5, 0.6) is 0 Å². The van der Waals surface area contributed by atoms with E-state index in [4.69, 9.17) is 4.74 Å². The van der Waals surface area contributed by atoms with Crippen molar-refractivity contribution in [3.8, 4) is 0 Å². The molecule has 1 N–H and O–H groups in total. The predicted molar refractivity (Wildman–Crippen MR) is 95.8 cm³/mol. The molecule has 0 bridgehead atoms. The predicted octanol–water partition coefficient (Wildman–Crippen LogP) is 1.82. The maximum Gasteiger partial charge on any atom is 0.261 e. The summed E-state index contributed by atoms with van der Waals surface area (Å²) >= 11 is 0. The number of carbonyl (C=O) groups is 1. The van der Waals surface area contributed by atoms with E-state index in [2.05, 4.69) is 10.3 Å². The van der Waals surface area contributed by atoms with E-state index in [0.29, 0.717) is 36.2 Å². The van der Waals surface area contributed by atoms with Gasteiger partial charge in [-0.1, -0.05) is 24.3 Å². The Labute approximate surface area is 145 Å². The van der Waals surface area contributed by atoms with Gasteiger partial charge in [-0.3, -0.25) is 14.2 Å². The Morgan fingerprint density at radius 1 is 1.16 bits per heavy atom. The molecule has 0 atom stereocenters. The van der Waals surface area contributed by atoms with E-state index in [1.165, 1.54) is 0 Å². The fraction of sp³-hybridized carbons (Fsp3) is 0.211. The number of aromatic nitrogens is 2. The van der Waals surface area contributed by atoms with Crippen LogP contribution < -0.4 is 10.9 Å². The number of carbonyl (C=O) groups excluding carboxylic acids is 1. The highest BCUT2D eigenvalue weighted by Gasteiger charge is 2.07. The van der Waals surface area contributed by atoms with Crippen molar-refractivity contribution in [2.24, 2.45) is 0 Å². The smallest absolute Gasteiger partial charge is 0.261 e. The van der Waals surface area contributed by atoms with Gasteiger partial charge in [0, 0.05) is 19.2 Å². The molecule has 1 aromatic heterocycles. The number of para-hydroxylation sites is 1. The average Bonchev–Trinajstić information content (AvgIpc) is 2.65. The maximum absolute atomic E-state index is 12.5. The first kappa shape index (κ1) is 16.9. The Morgan fingerprint density at radius 3 is 2.68 bits per heavy atom. The molecule has 128 valence electrons. The summed E-state index contributed by atoms with van der Waals surface area (Å²) in [7, 11) is 1.59. The van der Waals surface area contributed by atoms with Crippen molar-refractivity contribution in [1.82, 2.24) is 14.9 Å². The quantitative estimate of drug-likeness (QED) is 0.697. The first-order valence-corrected chi connectivity index (χ1v) is 7.99. The van der Waals surface area contributed by atoms with Crippen molar-refractivity contribution < 1.29 is 9.53 Å². The van der Waals surface area contributed by atoms with Gasteiger partial charge >= 0.3 is 0 Å². The largest absolute Gasteiger partial charge is 0.383 e. The van der Waals surface area contributed by atoms with E-state index >= 15 is 0 Å². The average molecular weight is 337 g/mol. The van der Waals surface area contributed by atoms with Gasteiger partial charge in [-0.05, 0) is 29.8 Å². The van der Waals surface area contributed by atoms with Crippen LogP contribution in [0.15, 0.2) is 59.7 Å². The van der Waals surface area contributed by atoms with E-state index in [1.807, 2.05) is 30.3 Å². The molecule has 6 nitrogen and oxygen atoms in total. The highest BCUT2D eigenvalue weighted by atomic mass is 16.5. The minimum Gasteiger partial charge on any atom is -0.383 e. The van der Waals surface area contributed by atoms with E-state index in [0.717, 1.165) is 5.56 Å². The molecule has 0 aliphatic carbocycles. The molecule has 0 fully saturated rings. The number of benzene rings is 2. The standard InChI is InChI=1S/C19H19N3O3/c1-25-11-10-20-18(23)15-8-6-14(7-9-15)12-22-13-21-17-5-3-2-4-16(17)19(22)24/h2-9,13H,10-12H2,1H3,(H,20,23). The Hall–Kier alpha value is -2.99. The second kappa shape index (κ2) is 7.72. The third-order valence-electron chi connectivity index (χ3n) is 3.89. The molecular formula is C19H19N3O3. The molecule has 25 heavy (non-hydrogen) atoms. The number of nitrogens with zero attached hydrogens (tertiary/aromatic N) is 2. The molecule has 0 aliphatic rings. The van der Waals surface area contributed by atoms with Gasteiger partial charge in [0.25, 0.3) is 11.5 Å². The summed E-state index contributed by atoms with van der Waals surface area (Å²) in [4.78, 5) is 28.8. The van der Waals surface area contributed by atoms with Crippen LogP contribution in [0.2, 0.25) is 0 Å². The molecule has 0 saturated carbocycles. The Bertz CT molecular complexity index is 933. The molecule has 3 rings (SSSR count). The van der Waals surface area contributed by atoms with Gasteiger partial charge in [0.2, 0.25) is 0 Å². The monoisotopic (exact) mass is 337 g/mol. The zero-order valence-electron chi connectivity index (χ0n) is 13.9. The number of hydrogen-bond acceptors (Lipinski definition) is 4. The van der Waals surface area contributed by atoms with Crippen LogP contribution in [0.3, 0.4) is 0 Å². The summed E-state index contributed by atoms with van der Waals surface area (Å²) in [6.07, 6.45) is 1.55. The summed E-state index contributed by atoms with van der Waals surface area (Å²) in [5.41, 5.74) is 2.11. The van der Waals surface area contributed by atoms with Crippen LogP contribution in [0, 0.1) is 0 Å². The van der Waals surface area contributed by atoms with E-state index < -0.39 is 0 Å². The van der Waals surface area contributed by atoms with Gasteiger partial charge in [0.1, 0.15) is 0 Å². The zero-order valence-corrected chi connectivity index (χ0v) is 13.9. The van der Waals surface area contributed by atoms with E-state index in [-0.39, 0.29) is 11.5 Å². The van der Waals surface area contributed by atoms with Gasteiger partial charge in [0.05, 0.1) is 30.4 Å². The van der Waals surface area contributed by atoms with Crippen LogP contribution in [0.1, 0.15) is 15.9 Å². The summed E-state index contributed by atoms with van der Waals surface area (Å²) in [5, 5.41) is 3.37. The molecule has 1 amide bonds. The lowest BCUT2D eigenvalue weighted by molar-refractivity contribution is 0.0937. The maximum atomic E-state index is 12.5. The minimum atomic E-state index is -0.145. The second-order valence-electron chi connectivity index (χ2n) is 5.64. The van der Waals surface area contributed by atoms with Gasteiger partial charge in [-0.25, -0.2) is 4.98 Å². The van der Waals surface area contributed by atoms with Crippen molar-refractivity contribution in [3.05, 3.63) is 76.3 Å². The van der Waals surface area contributed by atoms with Crippen LogP contribution in [0.25, 0.3) is 10.9 Å². The Morgan fingerprint density at radius 2 is 1.92 bits per heavy atom. The first-order chi connectivity index (χ1) is 12.2. The number of fused-ring (bicyclic) bond motifs is 1. The SMILES string of the molecule is COCCNC(=O)c1ccc(Cn2cnc3ccccc3c2=O)cc1.